The molecule has 0 atom stereocenters. The fraction of sp³-hybridized carbons (Fsp3) is 0.733. The van der Waals surface area contributed by atoms with Crippen LogP contribution >= 0.6 is 0 Å². The zero-order valence-electron chi connectivity index (χ0n) is 11.9. The van der Waals surface area contributed by atoms with E-state index in [1.807, 2.05) is 6.08 Å². The molecule has 2 nitrogen and oxygen atoms in total. The normalized spacial score (nSPS) is 19.1. The van der Waals surface area contributed by atoms with Gasteiger partial charge in [-0.05, 0) is 25.7 Å². The van der Waals surface area contributed by atoms with Crippen molar-refractivity contribution in [3.63, 3.8) is 0 Å². The maximum absolute atomic E-state index is 5.42. The van der Waals surface area contributed by atoms with E-state index in [0.717, 1.165) is 38.3 Å². The van der Waals surface area contributed by atoms with Gasteiger partial charge in [-0.15, -0.1) is 0 Å². The highest BCUT2D eigenvalue weighted by Crippen LogP contribution is 2.37. The van der Waals surface area contributed by atoms with Crippen LogP contribution in [-0.2, 0) is 4.74 Å². The molecular weight excluding hydrogens is 210 g/mol. The van der Waals surface area contributed by atoms with Crippen molar-refractivity contribution in [2.24, 2.45) is 5.41 Å². The molecule has 98 valence electrons. The Morgan fingerprint density at radius 3 is 2.24 bits per heavy atom. The molecule has 1 heterocycles. The number of hydrogen-bond donors (Lipinski definition) is 0. The first-order valence-corrected chi connectivity index (χ1v) is 6.44. The van der Waals surface area contributed by atoms with E-state index in [2.05, 4.69) is 45.8 Å². The third kappa shape index (κ3) is 3.68. The molecular formula is C15H27NO. The number of morpholine rings is 1. The molecule has 0 spiro atoms. The quantitative estimate of drug-likeness (QED) is 0.681. The molecule has 1 rings (SSSR count). The fourth-order valence-corrected chi connectivity index (χ4v) is 2.75. The summed E-state index contributed by atoms with van der Waals surface area (Å²) in [6.07, 6.45) is 2.97. The van der Waals surface area contributed by atoms with Gasteiger partial charge in [0.05, 0.1) is 13.2 Å². The van der Waals surface area contributed by atoms with Gasteiger partial charge in [0, 0.05) is 18.6 Å². The third-order valence-corrected chi connectivity index (χ3v) is 3.86. The van der Waals surface area contributed by atoms with Gasteiger partial charge >= 0.3 is 0 Å². The number of nitrogens with zero attached hydrogens (tertiary/aromatic N) is 1. The largest absolute Gasteiger partial charge is 0.379 e. The molecule has 1 aliphatic heterocycles. The van der Waals surface area contributed by atoms with E-state index in [1.165, 1.54) is 0 Å². The van der Waals surface area contributed by atoms with Crippen LogP contribution in [0.4, 0.5) is 0 Å². The van der Waals surface area contributed by atoms with Crippen LogP contribution in [0, 0.1) is 5.41 Å². The summed E-state index contributed by atoms with van der Waals surface area (Å²) in [5, 5.41) is 0. The Bertz CT molecular complexity index is 285. The van der Waals surface area contributed by atoms with Crippen molar-refractivity contribution >= 4 is 0 Å². The van der Waals surface area contributed by atoms with Gasteiger partial charge in [0.1, 0.15) is 0 Å². The summed E-state index contributed by atoms with van der Waals surface area (Å²) in [5.41, 5.74) is 1.40. The summed E-state index contributed by atoms with van der Waals surface area (Å²) >= 11 is 0. The summed E-state index contributed by atoms with van der Waals surface area (Å²) in [4.78, 5) is 2.52. The van der Waals surface area contributed by atoms with Gasteiger partial charge in [0.2, 0.25) is 0 Å². The van der Waals surface area contributed by atoms with Crippen molar-refractivity contribution < 1.29 is 4.74 Å². The van der Waals surface area contributed by atoms with Crippen LogP contribution in [0.2, 0.25) is 0 Å². The van der Waals surface area contributed by atoms with E-state index < -0.39 is 0 Å². The number of rotatable bonds is 5. The Hall–Kier alpha value is -0.600. The topological polar surface area (TPSA) is 12.5 Å². The molecule has 0 saturated carbocycles. The van der Waals surface area contributed by atoms with E-state index in [0.29, 0.717) is 0 Å². The summed E-state index contributed by atoms with van der Waals surface area (Å²) in [6.45, 7) is 20.8. The van der Waals surface area contributed by atoms with Crippen molar-refractivity contribution in [2.75, 3.05) is 26.3 Å². The number of hydrogen-bond acceptors (Lipinski definition) is 2. The lowest BCUT2D eigenvalue weighted by Gasteiger charge is -2.45. The summed E-state index contributed by atoms with van der Waals surface area (Å²) < 4.78 is 5.42. The predicted molar refractivity (Wildman–Crippen MR) is 74.2 cm³/mol. The van der Waals surface area contributed by atoms with Gasteiger partial charge in [-0.1, -0.05) is 38.7 Å². The van der Waals surface area contributed by atoms with E-state index in [9.17, 15) is 0 Å². The Kier molecular flexibility index (Phi) is 4.56. The lowest BCUT2D eigenvalue weighted by molar-refractivity contribution is -0.0213. The first-order valence-electron chi connectivity index (χ1n) is 6.44. The van der Waals surface area contributed by atoms with Crippen LogP contribution in [0.25, 0.3) is 0 Å². The van der Waals surface area contributed by atoms with Gasteiger partial charge in [-0.25, -0.2) is 0 Å². The Balaban J connectivity index is 2.70. The van der Waals surface area contributed by atoms with Crippen LogP contribution < -0.4 is 0 Å². The smallest absolute Gasteiger partial charge is 0.0594 e. The predicted octanol–water partition coefficient (Wildman–Crippen LogP) is 3.26. The fourth-order valence-electron chi connectivity index (χ4n) is 2.75. The summed E-state index contributed by atoms with van der Waals surface area (Å²) in [7, 11) is 0. The summed E-state index contributed by atoms with van der Waals surface area (Å²) in [5.74, 6) is 0. The van der Waals surface area contributed by atoms with E-state index in [1.54, 1.807) is 0 Å². The molecule has 2 heteroatoms. The first kappa shape index (κ1) is 14.5. The van der Waals surface area contributed by atoms with Crippen LogP contribution in [-0.4, -0.2) is 36.7 Å². The van der Waals surface area contributed by atoms with Gasteiger partial charge < -0.3 is 4.74 Å². The lowest BCUT2D eigenvalue weighted by Crippen LogP contribution is -2.51. The average molecular weight is 237 g/mol. The second-order valence-electron chi connectivity index (χ2n) is 6.20. The highest BCUT2D eigenvalue weighted by atomic mass is 16.5. The molecule has 1 aliphatic rings. The second kappa shape index (κ2) is 5.36. The molecule has 0 unspecified atom stereocenters. The highest BCUT2D eigenvalue weighted by molar-refractivity contribution is 5.20. The minimum absolute atomic E-state index is 0.101. The minimum Gasteiger partial charge on any atom is -0.379 e. The standard InChI is InChI=1S/C15H27NO/c1-7-13(2)14(3,4)12-15(5,6)16-8-10-17-11-9-16/h7H,1-2,8-12H2,3-6H3. The Labute approximate surface area is 106 Å². The molecule has 0 aromatic heterocycles. The average Bonchev–Trinajstić information content (AvgIpc) is 2.27. The molecule has 0 amide bonds. The van der Waals surface area contributed by atoms with Crippen molar-refractivity contribution in [1.82, 2.24) is 4.90 Å². The SMILES string of the molecule is C=CC(=C)C(C)(C)CC(C)(C)N1CCOCC1. The molecule has 0 aliphatic carbocycles. The van der Waals surface area contributed by atoms with Crippen molar-refractivity contribution in [3.8, 4) is 0 Å². The molecule has 0 radical (unpaired) electrons. The lowest BCUT2D eigenvalue weighted by atomic mass is 9.74. The highest BCUT2D eigenvalue weighted by Gasteiger charge is 2.34. The summed E-state index contributed by atoms with van der Waals surface area (Å²) in [6, 6.07) is 0. The number of allylic oxidation sites excluding steroid dienone is 2. The van der Waals surface area contributed by atoms with Gasteiger partial charge in [-0.2, -0.15) is 0 Å². The van der Waals surface area contributed by atoms with E-state index >= 15 is 0 Å². The van der Waals surface area contributed by atoms with Gasteiger partial charge in [-0.3, -0.25) is 4.90 Å². The Morgan fingerprint density at radius 1 is 1.24 bits per heavy atom. The third-order valence-electron chi connectivity index (χ3n) is 3.86. The van der Waals surface area contributed by atoms with Gasteiger partial charge in [0.15, 0.2) is 0 Å². The second-order valence-corrected chi connectivity index (χ2v) is 6.20. The van der Waals surface area contributed by atoms with Gasteiger partial charge in [0.25, 0.3) is 0 Å². The van der Waals surface area contributed by atoms with Crippen molar-refractivity contribution in [3.05, 3.63) is 24.8 Å². The first-order chi connectivity index (χ1) is 7.79. The van der Waals surface area contributed by atoms with Crippen LogP contribution in [0.3, 0.4) is 0 Å². The number of ether oxygens (including phenoxy) is 1. The maximum atomic E-state index is 5.42. The maximum Gasteiger partial charge on any atom is 0.0594 e. The van der Waals surface area contributed by atoms with Crippen molar-refractivity contribution in [1.29, 1.82) is 0 Å². The molecule has 1 saturated heterocycles. The molecule has 17 heavy (non-hydrogen) atoms. The van der Waals surface area contributed by atoms with Crippen LogP contribution in [0.15, 0.2) is 24.8 Å². The zero-order chi connectivity index (χ0) is 13.1. The van der Waals surface area contributed by atoms with Crippen LogP contribution in [0.1, 0.15) is 34.1 Å². The molecule has 0 aromatic rings. The molecule has 0 N–H and O–H groups in total. The molecule has 1 fully saturated rings. The van der Waals surface area contributed by atoms with Crippen molar-refractivity contribution in [2.45, 2.75) is 39.7 Å². The zero-order valence-corrected chi connectivity index (χ0v) is 11.9. The minimum atomic E-state index is 0.101. The molecule has 0 bridgehead atoms. The van der Waals surface area contributed by atoms with E-state index in [-0.39, 0.29) is 11.0 Å². The van der Waals surface area contributed by atoms with E-state index in [4.69, 9.17) is 4.74 Å². The molecule has 0 aromatic carbocycles. The monoisotopic (exact) mass is 237 g/mol. The Morgan fingerprint density at radius 2 is 1.76 bits per heavy atom. The van der Waals surface area contributed by atoms with Crippen LogP contribution in [0.5, 0.6) is 0 Å².